The molecule has 5 unspecified atom stereocenters. The highest BCUT2D eigenvalue weighted by Crippen LogP contribution is 2.25. The van der Waals surface area contributed by atoms with Crippen LogP contribution in [0.25, 0.3) is 0 Å². The molecule has 0 aliphatic carbocycles. The maximum Gasteiger partial charge on any atom is 0.303 e. The van der Waals surface area contributed by atoms with Crippen molar-refractivity contribution in [1.29, 1.82) is 0 Å². The summed E-state index contributed by atoms with van der Waals surface area (Å²) in [7, 11) is 0. The molecule has 2 N–H and O–H groups in total. The quantitative estimate of drug-likeness (QED) is 0.420. The van der Waals surface area contributed by atoms with E-state index < -0.39 is 42.6 Å². The van der Waals surface area contributed by atoms with Gasteiger partial charge in [-0.2, -0.15) is 0 Å². The minimum absolute atomic E-state index is 0.235. The molecular weight excluding hydrogens is 368 g/mol. The van der Waals surface area contributed by atoms with E-state index in [2.05, 4.69) is 12.7 Å². The van der Waals surface area contributed by atoms with E-state index in [-0.39, 0.29) is 13.2 Å². The second-order valence-electron chi connectivity index (χ2n) is 7.09. The fourth-order valence-electron chi connectivity index (χ4n) is 2.70. The Bertz CT molecular complexity index is 565. The van der Waals surface area contributed by atoms with Crippen LogP contribution in [0, 0.1) is 0 Å². The van der Waals surface area contributed by atoms with Gasteiger partial charge in [0.05, 0.1) is 6.61 Å². The zero-order valence-electron chi connectivity index (χ0n) is 17.1. The van der Waals surface area contributed by atoms with Crippen molar-refractivity contribution < 1.29 is 38.7 Å². The molecule has 160 valence electrons. The van der Waals surface area contributed by atoms with E-state index in [0.717, 1.165) is 18.4 Å². The highest BCUT2D eigenvalue weighted by Gasteiger charge is 2.47. The molecule has 0 aromatic rings. The zero-order valence-corrected chi connectivity index (χ0v) is 17.1. The number of hydrogen-bond donors (Lipinski definition) is 2. The number of aliphatic hydroxyl groups excluding tert-OH is 2. The molecule has 28 heavy (non-hydrogen) atoms. The van der Waals surface area contributed by atoms with Crippen molar-refractivity contribution in [3.05, 3.63) is 23.8 Å². The summed E-state index contributed by atoms with van der Waals surface area (Å²) in [5, 5.41) is 20.5. The third kappa shape index (κ3) is 8.52. The number of rotatable bonds is 10. The summed E-state index contributed by atoms with van der Waals surface area (Å²) in [4.78, 5) is 22.4. The number of carbonyl (C=O) groups is 2. The van der Waals surface area contributed by atoms with Crippen LogP contribution in [0.5, 0.6) is 0 Å². The molecule has 1 rings (SSSR count). The summed E-state index contributed by atoms with van der Waals surface area (Å²) < 4.78 is 21.2. The van der Waals surface area contributed by atoms with E-state index in [0.29, 0.717) is 6.42 Å². The number of carbonyl (C=O) groups excluding carboxylic acids is 2. The lowest BCUT2D eigenvalue weighted by Gasteiger charge is -2.41. The summed E-state index contributed by atoms with van der Waals surface area (Å²) in [6.45, 7) is 10.5. The lowest BCUT2D eigenvalue weighted by Crippen LogP contribution is -2.60. The van der Waals surface area contributed by atoms with Crippen LogP contribution < -0.4 is 0 Å². The third-order valence-corrected chi connectivity index (χ3v) is 4.19. The molecule has 0 saturated carbocycles. The van der Waals surface area contributed by atoms with Crippen molar-refractivity contribution in [3.8, 4) is 0 Å². The van der Waals surface area contributed by atoms with Crippen molar-refractivity contribution in [1.82, 2.24) is 0 Å². The van der Waals surface area contributed by atoms with Gasteiger partial charge in [0.15, 0.2) is 12.4 Å². The molecule has 0 radical (unpaired) electrons. The number of hydrogen-bond acceptors (Lipinski definition) is 8. The Morgan fingerprint density at radius 2 is 1.75 bits per heavy atom. The van der Waals surface area contributed by atoms with Crippen molar-refractivity contribution in [2.24, 2.45) is 0 Å². The number of aliphatic hydroxyl groups is 2. The van der Waals surface area contributed by atoms with E-state index in [4.69, 9.17) is 18.9 Å². The number of esters is 2. The van der Waals surface area contributed by atoms with Crippen LogP contribution in [0.4, 0.5) is 0 Å². The summed E-state index contributed by atoms with van der Waals surface area (Å²) in [6, 6.07) is 0. The van der Waals surface area contributed by atoms with Gasteiger partial charge < -0.3 is 29.2 Å². The molecule has 1 aliphatic heterocycles. The van der Waals surface area contributed by atoms with E-state index in [1.54, 1.807) is 0 Å². The van der Waals surface area contributed by atoms with Gasteiger partial charge in [-0.15, -0.1) is 0 Å². The molecule has 8 nitrogen and oxygen atoms in total. The van der Waals surface area contributed by atoms with Gasteiger partial charge in [0.25, 0.3) is 0 Å². The van der Waals surface area contributed by atoms with Crippen molar-refractivity contribution >= 4 is 11.9 Å². The lowest BCUT2D eigenvalue weighted by molar-refractivity contribution is -0.304. The maximum atomic E-state index is 11.3. The second kappa shape index (κ2) is 12.0. The van der Waals surface area contributed by atoms with Gasteiger partial charge in [-0.25, -0.2) is 0 Å². The average Bonchev–Trinajstić information content (AvgIpc) is 2.59. The molecule has 0 aromatic heterocycles. The summed E-state index contributed by atoms with van der Waals surface area (Å²) in [6.07, 6.45) is -1.73. The first-order chi connectivity index (χ1) is 13.1. The minimum atomic E-state index is -1.44. The van der Waals surface area contributed by atoms with Crippen molar-refractivity contribution in [2.75, 3.05) is 13.2 Å². The Hall–Kier alpha value is -1.74. The molecule has 1 aliphatic rings. The van der Waals surface area contributed by atoms with Gasteiger partial charge in [0, 0.05) is 13.8 Å². The van der Waals surface area contributed by atoms with Crippen LogP contribution in [0.3, 0.4) is 0 Å². The first-order valence-corrected chi connectivity index (χ1v) is 9.35. The summed E-state index contributed by atoms with van der Waals surface area (Å²) >= 11 is 0. The van der Waals surface area contributed by atoms with Gasteiger partial charge in [0.1, 0.15) is 24.9 Å². The van der Waals surface area contributed by atoms with Gasteiger partial charge in [-0.05, 0) is 33.1 Å². The molecule has 1 saturated heterocycles. The Morgan fingerprint density at radius 3 is 2.32 bits per heavy atom. The van der Waals surface area contributed by atoms with Crippen LogP contribution in [0.1, 0.15) is 47.0 Å². The normalized spacial score (nSPS) is 27.0. The average molecular weight is 400 g/mol. The monoisotopic (exact) mass is 400 g/mol. The number of allylic oxidation sites excluding steroid dienone is 2. The maximum absolute atomic E-state index is 11.3. The molecule has 5 atom stereocenters. The molecule has 0 spiro atoms. The molecule has 8 heteroatoms. The number of ether oxygens (including phenoxy) is 4. The Morgan fingerprint density at radius 1 is 1.07 bits per heavy atom. The molecule has 1 heterocycles. The summed E-state index contributed by atoms with van der Waals surface area (Å²) in [5.41, 5.74) is 2.24. The SMILES string of the molecule is C=C(CCC=C(C)C)CCOC1OC(COC(C)=O)C(O)C(O)C1OC(C)=O. The van der Waals surface area contributed by atoms with Gasteiger partial charge in [-0.3, -0.25) is 9.59 Å². The third-order valence-electron chi connectivity index (χ3n) is 4.19. The van der Waals surface area contributed by atoms with Crippen LogP contribution in [-0.2, 0) is 28.5 Å². The Kier molecular flexibility index (Phi) is 10.4. The fourth-order valence-corrected chi connectivity index (χ4v) is 2.70. The fraction of sp³-hybridized carbons (Fsp3) is 0.700. The Balaban J connectivity index is 2.65. The highest BCUT2D eigenvalue weighted by molar-refractivity contribution is 5.66. The molecule has 0 bridgehead atoms. The minimum Gasteiger partial charge on any atom is -0.463 e. The predicted molar refractivity (Wildman–Crippen MR) is 101 cm³/mol. The topological polar surface area (TPSA) is 112 Å². The standard InChI is InChI=1S/C20H32O8/c1-12(2)7-6-8-13(3)9-10-25-20-19(27-15(5)22)18(24)17(23)16(28-20)11-26-14(4)21/h7,16-20,23-24H,3,6,8-11H2,1-2,4-5H3. The zero-order chi connectivity index (χ0) is 21.3. The molecule has 0 aromatic carbocycles. The first-order valence-electron chi connectivity index (χ1n) is 9.35. The van der Waals surface area contributed by atoms with Crippen LogP contribution >= 0.6 is 0 Å². The predicted octanol–water partition coefficient (Wildman–Crippen LogP) is 1.64. The van der Waals surface area contributed by atoms with Gasteiger partial charge >= 0.3 is 11.9 Å². The van der Waals surface area contributed by atoms with E-state index >= 15 is 0 Å². The van der Waals surface area contributed by atoms with Crippen LogP contribution in [0.15, 0.2) is 23.8 Å². The Labute approximate surface area is 166 Å². The van der Waals surface area contributed by atoms with Crippen molar-refractivity contribution in [2.45, 2.75) is 77.7 Å². The van der Waals surface area contributed by atoms with Crippen LogP contribution in [-0.4, -0.2) is 66.1 Å². The lowest BCUT2D eigenvalue weighted by atomic mass is 9.99. The second-order valence-corrected chi connectivity index (χ2v) is 7.09. The van der Waals surface area contributed by atoms with Crippen LogP contribution in [0.2, 0.25) is 0 Å². The van der Waals surface area contributed by atoms with E-state index in [1.165, 1.54) is 19.4 Å². The first kappa shape index (κ1) is 24.3. The summed E-state index contributed by atoms with van der Waals surface area (Å²) in [5.74, 6) is -1.18. The van der Waals surface area contributed by atoms with Gasteiger partial charge in [0.2, 0.25) is 0 Å². The van der Waals surface area contributed by atoms with Crippen molar-refractivity contribution in [3.63, 3.8) is 0 Å². The molecule has 1 fully saturated rings. The largest absolute Gasteiger partial charge is 0.463 e. The van der Waals surface area contributed by atoms with Gasteiger partial charge in [-0.1, -0.05) is 23.8 Å². The highest BCUT2D eigenvalue weighted by atomic mass is 16.7. The smallest absolute Gasteiger partial charge is 0.303 e. The van der Waals surface area contributed by atoms with E-state index in [9.17, 15) is 19.8 Å². The molecule has 0 amide bonds. The molecular formula is C20H32O8. The van der Waals surface area contributed by atoms with E-state index in [1.807, 2.05) is 13.8 Å².